The van der Waals surface area contributed by atoms with Crippen molar-refractivity contribution >= 4 is 23.8 Å². The molecule has 0 N–H and O–H groups in total. The minimum atomic E-state index is -1.62. The van der Waals surface area contributed by atoms with Crippen LogP contribution in [0.25, 0.3) is 0 Å². The molecule has 0 bridgehead atoms. The number of hydrogen-bond acceptors (Lipinski definition) is 7. The lowest BCUT2D eigenvalue weighted by Gasteiger charge is -2.16. The van der Waals surface area contributed by atoms with Gasteiger partial charge >= 0.3 is 11.9 Å². The predicted molar refractivity (Wildman–Crippen MR) is 120 cm³/mol. The van der Waals surface area contributed by atoms with Crippen LogP contribution in [0.15, 0.2) is 84.9 Å². The summed E-state index contributed by atoms with van der Waals surface area (Å²) in [6.07, 6.45) is -3.25. The van der Waals surface area contributed by atoms with E-state index >= 15 is 0 Å². The number of amides is 2. The number of esters is 2. The first-order valence-corrected chi connectivity index (χ1v) is 10.5. The second kappa shape index (κ2) is 9.99. The van der Waals surface area contributed by atoms with Gasteiger partial charge in [0.15, 0.2) is 0 Å². The largest absolute Gasteiger partial charge is 0.496 e. The molecule has 1 aliphatic rings. The van der Waals surface area contributed by atoms with Crippen LogP contribution in [0.4, 0.5) is 0 Å². The van der Waals surface area contributed by atoms with Gasteiger partial charge in [-0.25, -0.2) is 9.59 Å². The SMILES string of the molecule is COc1ccccc1CN1C(=O)[C@H](OC(=O)c2ccccc2)[C@@H](OC(=O)c2ccccc2)C1=O. The number of imide groups is 1. The Morgan fingerprint density at radius 2 is 1.15 bits per heavy atom. The van der Waals surface area contributed by atoms with E-state index in [1.807, 2.05) is 0 Å². The molecule has 3 aromatic rings. The van der Waals surface area contributed by atoms with Gasteiger partial charge in [-0.3, -0.25) is 14.5 Å². The summed E-state index contributed by atoms with van der Waals surface area (Å²) in [5, 5.41) is 0. The fraction of sp³-hybridized carbons (Fsp3) is 0.154. The molecule has 34 heavy (non-hydrogen) atoms. The zero-order chi connectivity index (χ0) is 24.1. The lowest BCUT2D eigenvalue weighted by atomic mass is 10.2. The third-order valence-corrected chi connectivity index (χ3v) is 5.30. The molecule has 0 aromatic heterocycles. The summed E-state index contributed by atoms with van der Waals surface area (Å²) in [7, 11) is 1.47. The number of benzene rings is 3. The first kappa shape index (κ1) is 22.7. The van der Waals surface area contributed by atoms with Crippen LogP contribution in [0.1, 0.15) is 26.3 Å². The summed E-state index contributed by atoms with van der Waals surface area (Å²) in [4.78, 5) is 52.6. The average Bonchev–Trinajstić information content (AvgIpc) is 3.09. The Morgan fingerprint density at radius 3 is 1.62 bits per heavy atom. The molecule has 0 spiro atoms. The maximum Gasteiger partial charge on any atom is 0.339 e. The average molecular weight is 459 g/mol. The minimum Gasteiger partial charge on any atom is -0.496 e. The molecule has 3 aromatic carbocycles. The molecule has 2 amide bonds. The van der Waals surface area contributed by atoms with Gasteiger partial charge in [0.05, 0.1) is 24.8 Å². The number of ether oxygens (including phenoxy) is 3. The van der Waals surface area contributed by atoms with Crippen LogP contribution in [0.3, 0.4) is 0 Å². The van der Waals surface area contributed by atoms with Crippen LogP contribution in [-0.4, -0.2) is 48.0 Å². The van der Waals surface area contributed by atoms with Crippen LogP contribution < -0.4 is 4.74 Å². The number of methoxy groups -OCH3 is 1. The van der Waals surface area contributed by atoms with Crippen LogP contribution in [0, 0.1) is 0 Å². The summed E-state index contributed by atoms with van der Waals surface area (Å²) >= 11 is 0. The van der Waals surface area contributed by atoms with Crippen LogP contribution >= 0.6 is 0 Å². The quantitative estimate of drug-likeness (QED) is 0.396. The first-order valence-electron chi connectivity index (χ1n) is 10.5. The molecular weight excluding hydrogens is 438 g/mol. The molecule has 4 rings (SSSR count). The zero-order valence-corrected chi connectivity index (χ0v) is 18.2. The van der Waals surface area contributed by atoms with E-state index in [-0.39, 0.29) is 17.7 Å². The Labute approximate surface area is 195 Å². The van der Waals surface area contributed by atoms with E-state index in [9.17, 15) is 19.2 Å². The Bertz CT molecular complexity index is 1140. The van der Waals surface area contributed by atoms with Crippen LogP contribution in [0.2, 0.25) is 0 Å². The topological polar surface area (TPSA) is 99.2 Å². The molecule has 172 valence electrons. The molecule has 8 heteroatoms. The molecule has 2 atom stereocenters. The Hall–Kier alpha value is -4.46. The molecule has 0 aliphatic carbocycles. The molecule has 1 aliphatic heterocycles. The fourth-order valence-corrected chi connectivity index (χ4v) is 3.57. The van der Waals surface area contributed by atoms with Crippen molar-refractivity contribution in [2.24, 2.45) is 0 Å². The van der Waals surface area contributed by atoms with E-state index in [1.165, 1.54) is 31.4 Å². The lowest BCUT2D eigenvalue weighted by Crippen LogP contribution is -2.37. The lowest BCUT2D eigenvalue weighted by molar-refractivity contribution is -0.142. The molecule has 1 saturated heterocycles. The number of hydrogen-bond donors (Lipinski definition) is 0. The summed E-state index contributed by atoms with van der Waals surface area (Å²) in [6.45, 7) is -0.138. The van der Waals surface area contributed by atoms with E-state index in [4.69, 9.17) is 14.2 Å². The van der Waals surface area contributed by atoms with Crippen molar-refractivity contribution in [2.75, 3.05) is 7.11 Å². The van der Waals surface area contributed by atoms with Crippen LogP contribution in [0.5, 0.6) is 5.75 Å². The highest BCUT2D eigenvalue weighted by Crippen LogP contribution is 2.27. The third kappa shape index (κ3) is 4.66. The molecule has 0 radical (unpaired) electrons. The molecule has 8 nitrogen and oxygen atoms in total. The summed E-state index contributed by atoms with van der Waals surface area (Å²) in [5.41, 5.74) is 0.952. The van der Waals surface area contributed by atoms with Crippen molar-refractivity contribution in [1.29, 1.82) is 0 Å². The Morgan fingerprint density at radius 1 is 0.706 bits per heavy atom. The number of carbonyl (C=O) groups is 4. The number of carbonyl (C=O) groups excluding carboxylic acids is 4. The fourth-order valence-electron chi connectivity index (χ4n) is 3.57. The van der Waals surface area contributed by atoms with Crippen molar-refractivity contribution in [3.05, 3.63) is 102 Å². The van der Waals surface area contributed by atoms with Crippen molar-refractivity contribution < 1.29 is 33.4 Å². The number of nitrogens with zero attached hydrogens (tertiary/aromatic N) is 1. The van der Waals surface area contributed by atoms with Gasteiger partial charge in [0, 0.05) is 5.56 Å². The number of rotatable bonds is 7. The van der Waals surface area contributed by atoms with Gasteiger partial charge in [0.1, 0.15) is 5.75 Å². The van der Waals surface area contributed by atoms with Gasteiger partial charge in [0.25, 0.3) is 11.8 Å². The highest BCUT2D eigenvalue weighted by molar-refractivity contribution is 6.10. The van der Waals surface area contributed by atoms with Crippen LogP contribution in [-0.2, 0) is 25.6 Å². The smallest absolute Gasteiger partial charge is 0.339 e. The zero-order valence-electron chi connectivity index (χ0n) is 18.2. The van der Waals surface area contributed by atoms with Gasteiger partial charge in [-0.05, 0) is 30.3 Å². The number of likely N-dealkylation sites (tertiary alicyclic amines) is 1. The molecule has 0 saturated carbocycles. The molecular formula is C26H21NO7. The predicted octanol–water partition coefficient (Wildman–Crippen LogP) is 3.02. The van der Waals surface area contributed by atoms with Gasteiger partial charge in [-0.2, -0.15) is 0 Å². The van der Waals surface area contributed by atoms with E-state index in [2.05, 4.69) is 0 Å². The van der Waals surface area contributed by atoms with E-state index in [0.29, 0.717) is 11.3 Å². The van der Waals surface area contributed by atoms with Gasteiger partial charge in [0.2, 0.25) is 12.2 Å². The van der Waals surface area contributed by atoms with Crippen molar-refractivity contribution in [3.8, 4) is 5.75 Å². The molecule has 1 fully saturated rings. The third-order valence-electron chi connectivity index (χ3n) is 5.30. The van der Waals surface area contributed by atoms with Crippen molar-refractivity contribution in [1.82, 2.24) is 4.90 Å². The highest BCUT2D eigenvalue weighted by atomic mass is 16.6. The van der Waals surface area contributed by atoms with Gasteiger partial charge < -0.3 is 14.2 Å². The standard InChI is InChI=1S/C26H21NO7/c1-32-20-15-9-8-14-19(20)16-27-23(28)21(33-25(30)17-10-4-2-5-11-17)22(24(27)29)34-26(31)18-12-6-3-7-13-18/h2-15,21-22H,16H2,1H3/t21-,22-/m1/s1. The van der Waals surface area contributed by atoms with Gasteiger partial charge in [-0.1, -0.05) is 54.6 Å². The van der Waals surface area contributed by atoms with Crippen molar-refractivity contribution in [2.45, 2.75) is 18.8 Å². The highest BCUT2D eigenvalue weighted by Gasteiger charge is 2.53. The molecule has 0 unspecified atom stereocenters. The summed E-state index contributed by atoms with van der Waals surface area (Å²) in [6, 6.07) is 22.9. The minimum absolute atomic E-state index is 0.138. The Balaban J connectivity index is 1.62. The van der Waals surface area contributed by atoms with Crippen molar-refractivity contribution in [3.63, 3.8) is 0 Å². The summed E-state index contributed by atoms with van der Waals surface area (Å²) in [5.74, 6) is -2.72. The van der Waals surface area contributed by atoms with E-state index < -0.39 is 36.0 Å². The Kier molecular flexibility index (Phi) is 6.68. The van der Waals surface area contributed by atoms with E-state index in [0.717, 1.165) is 4.90 Å². The number of para-hydroxylation sites is 1. The first-order chi connectivity index (χ1) is 16.5. The monoisotopic (exact) mass is 459 g/mol. The van der Waals surface area contributed by atoms with E-state index in [1.54, 1.807) is 60.7 Å². The maximum absolute atomic E-state index is 13.2. The normalized spacial score (nSPS) is 17.4. The second-order valence-electron chi connectivity index (χ2n) is 7.46. The summed E-state index contributed by atoms with van der Waals surface area (Å²) < 4.78 is 16.1. The maximum atomic E-state index is 13.2. The second-order valence-corrected chi connectivity index (χ2v) is 7.46. The van der Waals surface area contributed by atoms with Gasteiger partial charge in [-0.15, -0.1) is 0 Å². The molecule has 1 heterocycles.